The van der Waals surface area contributed by atoms with Crippen molar-refractivity contribution >= 4 is 21.8 Å². The van der Waals surface area contributed by atoms with Crippen molar-refractivity contribution in [3.05, 3.63) is 28.5 Å². The lowest BCUT2D eigenvalue weighted by Gasteiger charge is -2.30. The van der Waals surface area contributed by atoms with E-state index < -0.39 is 0 Å². The van der Waals surface area contributed by atoms with Crippen LogP contribution in [0.4, 0.5) is 0 Å². The zero-order valence-electron chi connectivity index (χ0n) is 12.2. The van der Waals surface area contributed by atoms with E-state index in [1.54, 1.807) is 6.07 Å². The molecule has 5 heteroatoms. The first-order chi connectivity index (χ1) is 9.58. The van der Waals surface area contributed by atoms with Crippen molar-refractivity contribution in [3.8, 4) is 0 Å². The van der Waals surface area contributed by atoms with E-state index in [4.69, 9.17) is 0 Å². The lowest BCUT2D eigenvalue weighted by atomic mass is 10.2. The Hall–Kier alpha value is -0.940. The van der Waals surface area contributed by atoms with Crippen molar-refractivity contribution in [3.63, 3.8) is 0 Å². The molecule has 0 bridgehead atoms. The minimum atomic E-state index is 0.0556. The predicted molar refractivity (Wildman–Crippen MR) is 83.8 cm³/mol. The number of halogens is 1. The topological polar surface area (TPSA) is 36.4 Å². The van der Waals surface area contributed by atoms with Crippen molar-refractivity contribution in [1.82, 2.24) is 14.8 Å². The maximum Gasteiger partial charge on any atom is 0.272 e. The number of carbonyl (C=O) groups excluding carboxylic acids is 1. The number of nitrogens with zero attached hydrogens (tertiary/aromatic N) is 3. The number of pyridine rings is 1. The van der Waals surface area contributed by atoms with Crippen molar-refractivity contribution in [2.75, 3.05) is 27.2 Å². The van der Waals surface area contributed by atoms with Crippen LogP contribution < -0.4 is 0 Å². The highest BCUT2D eigenvalue weighted by Gasteiger charge is 2.27. The maximum absolute atomic E-state index is 12.7. The number of likely N-dealkylation sites (N-methyl/N-ethyl adjacent to an activating group) is 1. The maximum atomic E-state index is 12.7. The van der Waals surface area contributed by atoms with Gasteiger partial charge in [-0.1, -0.05) is 18.9 Å². The van der Waals surface area contributed by atoms with Gasteiger partial charge >= 0.3 is 0 Å². The molecule has 0 N–H and O–H groups in total. The standard InChI is InChI=1S/C15H22BrN3O/c1-18(2)10-11-19(12-6-3-4-7-12)15(20)13-8-5-9-14(16)17-13/h5,8-9,12H,3-4,6-7,10-11H2,1-2H3. The van der Waals surface area contributed by atoms with Gasteiger partial charge in [0.2, 0.25) is 0 Å². The van der Waals surface area contributed by atoms with E-state index in [0.717, 1.165) is 25.9 Å². The molecule has 0 aromatic carbocycles. The number of hydrogen-bond acceptors (Lipinski definition) is 3. The van der Waals surface area contributed by atoms with Gasteiger partial charge in [-0.3, -0.25) is 4.79 Å². The monoisotopic (exact) mass is 339 g/mol. The summed E-state index contributed by atoms with van der Waals surface area (Å²) in [6.45, 7) is 1.65. The second-order valence-electron chi connectivity index (χ2n) is 5.59. The average Bonchev–Trinajstić information content (AvgIpc) is 2.92. The van der Waals surface area contributed by atoms with Crippen LogP contribution in [-0.2, 0) is 0 Å². The molecule has 1 amide bonds. The SMILES string of the molecule is CN(C)CCN(C(=O)c1cccc(Br)n1)C1CCCC1. The van der Waals surface area contributed by atoms with Gasteiger partial charge in [0.15, 0.2) is 0 Å². The Morgan fingerprint density at radius 3 is 2.60 bits per heavy atom. The van der Waals surface area contributed by atoms with Crippen molar-refractivity contribution in [2.45, 2.75) is 31.7 Å². The molecule has 1 aliphatic carbocycles. The fraction of sp³-hybridized carbons (Fsp3) is 0.600. The summed E-state index contributed by atoms with van der Waals surface area (Å²) in [6, 6.07) is 5.88. The summed E-state index contributed by atoms with van der Waals surface area (Å²) in [7, 11) is 4.07. The highest BCUT2D eigenvalue weighted by atomic mass is 79.9. The van der Waals surface area contributed by atoms with Gasteiger partial charge < -0.3 is 9.80 Å². The van der Waals surface area contributed by atoms with Crippen LogP contribution in [0.15, 0.2) is 22.8 Å². The normalized spacial score (nSPS) is 15.8. The zero-order valence-corrected chi connectivity index (χ0v) is 13.8. The molecule has 2 rings (SSSR count). The summed E-state index contributed by atoms with van der Waals surface area (Å²) in [5, 5.41) is 0. The van der Waals surface area contributed by atoms with Gasteiger partial charge in [-0.25, -0.2) is 4.98 Å². The quantitative estimate of drug-likeness (QED) is 0.774. The number of rotatable bonds is 5. The van der Waals surface area contributed by atoms with Gasteiger partial charge in [0.05, 0.1) is 0 Å². The van der Waals surface area contributed by atoms with E-state index in [0.29, 0.717) is 16.3 Å². The Balaban J connectivity index is 2.14. The highest BCUT2D eigenvalue weighted by molar-refractivity contribution is 9.10. The van der Waals surface area contributed by atoms with E-state index in [-0.39, 0.29) is 5.91 Å². The molecule has 1 heterocycles. The van der Waals surface area contributed by atoms with Crippen LogP contribution >= 0.6 is 15.9 Å². The molecule has 0 atom stereocenters. The summed E-state index contributed by atoms with van der Waals surface area (Å²) in [5.74, 6) is 0.0556. The molecule has 20 heavy (non-hydrogen) atoms. The third-order valence-corrected chi connectivity index (χ3v) is 4.19. The first-order valence-electron chi connectivity index (χ1n) is 7.16. The van der Waals surface area contributed by atoms with Gasteiger partial charge in [0.25, 0.3) is 5.91 Å². The van der Waals surface area contributed by atoms with Gasteiger partial charge in [0.1, 0.15) is 10.3 Å². The largest absolute Gasteiger partial charge is 0.333 e. The Morgan fingerprint density at radius 2 is 2.00 bits per heavy atom. The number of aromatic nitrogens is 1. The highest BCUT2D eigenvalue weighted by Crippen LogP contribution is 2.24. The van der Waals surface area contributed by atoms with Crippen molar-refractivity contribution in [1.29, 1.82) is 0 Å². The van der Waals surface area contributed by atoms with Crippen molar-refractivity contribution in [2.24, 2.45) is 0 Å². The first kappa shape index (κ1) is 15.4. The van der Waals surface area contributed by atoms with Crippen LogP contribution in [0.25, 0.3) is 0 Å². The van der Waals surface area contributed by atoms with Crippen LogP contribution in [0, 0.1) is 0 Å². The molecule has 1 aromatic heterocycles. The molecular formula is C15H22BrN3O. The fourth-order valence-corrected chi connectivity index (χ4v) is 2.99. The van der Waals surface area contributed by atoms with Crippen molar-refractivity contribution < 1.29 is 4.79 Å². The summed E-state index contributed by atoms with van der Waals surface area (Å²) in [4.78, 5) is 21.2. The second-order valence-corrected chi connectivity index (χ2v) is 6.40. The Kier molecular flexibility index (Phi) is 5.54. The number of hydrogen-bond donors (Lipinski definition) is 0. The van der Waals surface area contributed by atoms with E-state index in [1.807, 2.05) is 31.1 Å². The Bertz CT molecular complexity index is 458. The van der Waals surface area contributed by atoms with E-state index in [1.165, 1.54) is 12.8 Å². The molecule has 4 nitrogen and oxygen atoms in total. The Morgan fingerprint density at radius 1 is 1.30 bits per heavy atom. The lowest BCUT2D eigenvalue weighted by molar-refractivity contribution is 0.0661. The van der Waals surface area contributed by atoms with Crippen LogP contribution in [0.5, 0.6) is 0 Å². The molecular weight excluding hydrogens is 318 g/mol. The van der Waals surface area contributed by atoms with E-state index in [9.17, 15) is 4.79 Å². The number of carbonyl (C=O) groups is 1. The molecule has 0 aliphatic heterocycles. The van der Waals surface area contributed by atoms with Crippen LogP contribution in [0.2, 0.25) is 0 Å². The minimum absolute atomic E-state index is 0.0556. The fourth-order valence-electron chi connectivity index (χ4n) is 2.65. The molecule has 1 saturated carbocycles. The van der Waals surface area contributed by atoms with E-state index in [2.05, 4.69) is 25.8 Å². The Labute approximate surface area is 129 Å². The third-order valence-electron chi connectivity index (χ3n) is 3.75. The molecule has 0 saturated heterocycles. The molecule has 0 spiro atoms. The lowest BCUT2D eigenvalue weighted by Crippen LogP contribution is -2.43. The first-order valence-corrected chi connectivity index (χ1v) is 7.95. The summed E-state index contributed by atoms with van der Waals surface area (Å²) < 4.78 is 0.710. The summed E-state index contributed by atoms with van der Waals surface area (Å²) in [6.07, 6.45) is 4.69. The second kappa shape index (κ2) is 7.18. The molecule has 0 unspecified atom stereocenters. The molecule has 0 radical (unpaired) electrons. The van der Waals surface area contributed by atoms with Crippen LogP contribution in [0.3, 0.4) is 0 Å². The summed E-state index contributed by atoms with van der Waals surface area (Å²) >= 11 is 3.34. The van der Waals surface area contributed by atoms with Gasteiger partial charge in [-0.2, -0.15) is 0 Å². The smallest absolute Gasteiger partial charge is 0.272 e. The van der Waals surface area contributed by atoms with Gasteiger partial charge in [0, 0.05) is 19.1 Å². The predicted octanol–water partition coefficient (Wildman–Crippen LogP) is 2.79. The average molecular weight is 340 g/mol. The van der Waals surface area contributed by atoms with Crippen LogP contribution in [-0.4, -0.2) is 53.9 Å². The third kappa shape index (κ3) is 4.03. The number of amides is 1. The van der Waals surface area contributed by atoms with Gasteiger partial charge in [-0.05, 0) is 55.0 Å². The molecule has 110 valence electrons. The van der Waals surface area contributed by atoms with Gasteiger partial charge in [-0.15, -0.1) is 0 Å². The van der Waals surface area contributed by atoms with Crippen LogP contribution in [0.1, 0.15) is 36.2 Å². The summed E-state index contributed by atoms with van der Waals surface area (Å²) in [5.41, 5.74) is 0.532. The molecule has 1 fully saturated rings. The minimum Gasteiger partial charge on any atom is -0.333 e. The molecule has 1 aliphatic rings. The molecule has 1 aromatic rings. The van der Waals surface area contributed by atoms with E-state index >= 15 is 0 Å². The zero-order chi connectivity index (χ0) is 14.5.